The maximum Gasteiger partial charge on any atom is 0.161 e. The second-order valence-corrected chi connectivity index (χ2v) is 6.54. The van der Waals surface area contributed by atoms with Gasteiger partial charge in [0.05, 0.1) is 12.3 Å². The van der Waals surface area contributed by atoms with Gasteiger partial charge in [-0.05, 0) is 48.2 Å². The van der Waals surface area contributed by atoms with Gasteiger partial charge in [0.15, 0.2) is 11.5 Å². The first-order chi connectivity index (χ1) is 12.3. The highest BCUT2D eigenvalue weighted by Gasteiger charge is 2.07. The molecule has 4 nitrogen and oxygen atoms in total. The third-order valence-electron chi connectivity index (χ3n) is 3.62. The second-order valence-electron chi connectivity index (χ2n) is 5.51. The summed E-state index contributed by atoms with van der Waals surface area (Å²) in [6, 6.07) is 16.1. The van der Waals surface area contributed by atoms with E-state index in [1.807, 2.05) is 49.5 Å². The van der Waals surface area contributed by atoms with Gasteiger partial charge in [0, 0.05) is 24.2 Å². The van der Waals surface area contributed by atoms with Crippen molar-refractivity contribution in [1.82, 2.24) is 10.3 Å². The van der Waals surface area contributed by atoms with Crippen molar-refractivity contribution in [2.45, 2.75) is 26.6 Å². The average molecular weight is 391 g/mol. The van der Waals surface area contributed by atoms with Gasteiger partial charge in [0.2, 0.25) is 0 Å². The lowest BCUT2D eigenvalue weighted by molar-refractivity contribution is 0.271. The molecule has 2 aromatic heterocycles. The van der Waals surface area contributed by atoms with Crippen molar-refractivity contribution in [2.24, 2.45) is 0 Å². The zero-order valence-electron chi connectivity index (χ0n) is 14.7. The molecule has 0 radical (unpaired) electrons. The van der Waals surface area contributed by atoms with E-state index in [0.717, 1.165) is 35.8 Å². The van der Waals surface area contributed by atoms with Gasteiger partial charge in [-0.3, -0.25) is 4.98 Å². The first kappa shape index (κ1) is 20.2. The lowest BCUT2D eigenvalue weighted by Gasteiger charge is -2.13. The smallest absolute Gasteiger partial charge is 0.161 e. The fraction of sp³-hybridized carbons (Fsp3) is 0.250. The molecule has 26 heavy (non-hydrogen) atoms. The zero-order valence-corrected chi connectivity index (χ0v) is 16.3. The summed E-state index contributed by atoms with van der Waals surface area (Å²) < 4.78 is 11.7. The van der Waals surface area contributed by atoms with Crippen LogP contribution in [0.1, 0.15) is 23.1 Å². The van der Waals surface area contributed by atoms with Crippen LogP contribution < -0.4 is 14.8 Å². The standard InChI is InChI=1S/C20H22N2O2S.ClH/c1-2-23-20-12-16(13-21-14-17-6-3-4-10-22-17)8-9-19(20)24-15-18-7-5-11-25-18;/h3-12,21H,2,13-15H2,1H3;1H. The van der Waals surface area contributed by atoms with E-state index in [1.165, 1.54) is 4.88 Å². The van der Waals surface area contributed by atoms with E-state index < -0.39 is 0 Å². The number of thiophene rings is 1. The van der Waals surface area contributed by atoms with Crippen LogP contribution in [-0.4, -0.2) is 11.6 Å². The van der Waals surface area contributed by atoms with Gasteiger partial charge in [-0.2, -0.15) is 0 Å². The molecule has 138 valence electrons. The fourth-order valence-corrected chi connectivity index (χ4v) is 3.05. The summed E-state index contributed by atoms with van der Waals surface area (Å²) in [6.07, 6.45) is 1.81. The summed E-state index contributed by atoms with van der Waals surface area (Å²) in [4.78, 5) is 5.51. The Hall–Kier alpha value is -2.08. The lowest BCUT2D eigenvalue weighted by atomic mass is 10.2. The van der Waals surface area contributed by atoms with Crippen LogP contribution >= 0.6 is 23.7 Å². The quantitative estimate of drug-likeness (QED) is 0.568. The van der Waals surface area contributed by atoms with Gasteiger partial charge in [-0.1, -0.05) is 18.2 Å². The van der Waals surface area contributed by atoms with Crippen molar-refractivity contribution in [2.75, 3.05) is 6.61 Å². The topological polar surface area (TPSA) is 43.4 Å². The van der Waals surface area contributed by atoms with Crippen LogP contribution in [0.3, 0.4) is 0 Å². The minimum absolute atomic E-state index is 0. The number of rotatable bonds is 9. The predicted molar refractivity (Wildman–Crippen MR) is 108 cm³/mol. The highest BCUT2D eigenvalue weighted by Crippen LogP contribution is 2.29. The van der Waals surface area contributed by atoms with Crippen LogP contribution in [0.25, 0.3) is 0 Å². The van der Waals surface area contributed by atoms with E-state index >= 15 is 0 Å². The number of nitrogens with zero attached hydrogens (tertiary/aromatic N) is 1. The molecule has 0 amide bonds. The summed E-state index contributed by atoms with van der Waals surface area (Å²) in [7, 11) is 0. The van der Waals surface area contributed by atoms with E-state index in [4.69, 9.17) is 9.47 Å². The van der Waals surface area contributed by atoms with Gasteiger partial charge in [0.1, 0.15) is 6.61 Å². The Morgan fingerprint density at radius 2 is 1.92 bits per heavy atom. The highest BCUT2D eigenvalue weighted by molar-refractivity contribution is 7.09. The molecule has 3 aromatic rings. The SMILES string of the molecule is CCOc1cc(CNCc2ccccn2)ccc1OCc1cccs1.Cl. The Morgan fingerprint density at radius 1 is 1.00 bits per heavy atom. The third-order valence-corrected chi connectivity index (χ3v) is 4.47. The molecular weight excluding hydrogens is 368 g/mol. The Balaban J connectivity index is 0.00000243. The average Bonchev–Trinajstić information content (AvgIpc) is 3.16. The largest absolute Gasteiger partial charge is 0.490 e. The molecule has 6 heteroatoms. The second kappa shape index (κ2) is 10.8. The van der Waals surface area contributed by atoms with Crippen LogP contribution in [0.4, 0.5) is 0 Å². The number of halogens is 1. The predicted octanol–water partition coefficient (Wildman–Crippen LogP) is 4.83. The first-order valence-electron chi connectivity index (χ1n) is 8.36. The molecule has 0 saturated carbocycles. The minimum atomic E-state index is 0. The van der Waals surface area contributed by atoms with Crippen molar-refractivity contribution in [3.8, 4) is 11.5 Å². The molecule has 0 atom stereocenters. The number of benzene rings is 1. The van der Waals surface area contributed by atoms with Gasteiger partial charge in [-0.25, -0.2) is 0 Å². The summed E-state index contributed by atoms with van der Waals surface area (Å²) in [6.45, 7) is 4.65. The molecule has 2 heterocycles. The monoisotopic (exact) mass is 390 g/mol. The fourth-order valence-electron chi connectivity index (χ4n) is 2.43. The molecule has 0 spiro atoms. The molecule has 0 saturated heterocycles. The van der Waals surface area contributed by atoms with Crippen LogP contribution in [-0.2, 0) is 19.7 Å². The number of hydrogen-bond donors (Lipinski definition) is 1. The molecule has 0 aliphatic heterocycles. The first-order valence-corrected chi connectivity index (χ1v) is 9.24. The van der Waals surface area contributed by atoms with Crippen molar-refractivity contribution in [1.29, 1.82) is 0 Å². The van der Waals surface area contributed by atoms with Crippen molar-refractivity contribution in [3.63, 3.8) is 0 Å². The number of pyridine rings is 1. The normalized spacial score (nSPS) is 10.2. The van der Waals surface area contributed by atoms with Gasteiger partial charge >= 0.3 is 0 Å². The molecule has 0 aliphatic carbocycles. The van der Waals surface area contributed by atoms with E-state index in [0.29, 0.717) is 13.2 Å². The van der Waals surface area contributed by atoms with Gasteiger partial charge < -0.3 is 14.8 Å². The number of nitrogens with one attached hydrogen (secondary N) is 1. The zero-order chi connectivity index (χ0) is 17.3. The van der Waals surface area contributed by atoms with Crippen LogP contribution in [0.2, 0.25) is 0 Å². The molecule has 0 bridgehead atoms. The maximum absolute atomic E-state index is 5.92. The van der Waals surface area contributed by atoms with Gasteiger partial charge in [0.25, 0.3) is 0 Å². The molecule has 1 N–H and O–H groups in total. The van der Waals surface area contributed by atoms with E-state index in [-0.39, 0.29) is 12.4 Å². The van der Waals surface area contributed by atoms with Crippen LogP contribution in [0.5, 0.6) is 11.5 Å². The summed E-state index contributed by atoms with van der Waals surface area (Å²) in [5.74, 6) is 1.57. The molecule has 0 unspecified atom stereocenters. The Kier molecular flexibility index (Phi) is 8.41. The van der Waals surface area contributed by atoms with Crippen LogP contribution in [0.15, 0.2) is 60.1 Å². The maximum atomic E-state index is 5.92. The Labute approximate surface area is 164 Å². The molecule has 1 aromatic carbocycles. The minimum Gasteiger partial charge on any atom is -0.490 e. The molecule has 0 aliphatic rings. The van der Waals surface area contributed by atoms with E-state index in [1.54, 1.807) is 11.3 Å². The van der Waals surface area contributed by atoms with E-state index in [2.05, 4.69) is 27.8 Å². The number of ether oxygens (including phenoxy) is 2. The highest BCUT2D eigenvalue weighted by atomic mass is 35.5. The summed E-state index contributed by atoms with van der Waals surface area (Å²) in [5, 5.41) is 5.46. The van der Waals surface area contributed by atoms with Crippen molar-refractivity contribution < 1.29 is 9.47 Å². The third kappa shape index (κ3) is 6.02. The summed E-state index contributed by atoms with van der Waals surface area (Å²) in [5.41, 5.74) is 2.19. The molecule has 3 rings (SSSR count). The van der Waals surface area contributed by atoms with Crippen molar-refractivity contribution >= 4 is 23.7 Å². The number of hydrogen-bond acceptors (Lipinski definition) is 5. The van der Waals surface area contributed by atoms with Crippen LogP contribution in [0, 0.1) is 0 Å². The Bertz CT molecular complexity index is 767. The number of aromatic nitrogens is 1. The van der Waals surface area contributed by atoms with Crippen molar-refractivity contribution in [3.05, 3.63) is 76.2 Å². The Morgan fingerprint density at radius 3 is 2.65 bits per heavy atom. The lowest BCUT2D eigenvalue weighted by Crippen LogP contribution is -2.13. The summed E-state index contributed by atoms with van der Waals surface area (Å²) >= 11 is 1.69. The van der Waals surface area contributed by atoms with E-state index in [9.17, 15) is 0 Å². The molecular formula is C20H23ClN2O2S. The molecule has 0 fully saturated rings. The van der Waals surface area contributed by atoms with Gasteiger partial charge in [-0.15, -0.1) is 23.7 Å².